The molecule has 0 heterocycles. The van der Waals surface area contributed by atoms with E-state index in [9.17, 15) is 9.90 Å². The van der Waals surface area contributed by atoms with Crippen LogP contribution in [0.2, 0.25) is 0 Å². The molecular weight excluding hydrogens is 278 g/mol. The smallest absolute Gasteiger partial charge is 0.227 e. The fourth-order valence-corrected chi connectivity index (χ4v) is 3.20. The molecule has 1 atom stereocenters. The number of aliphatic hydroxyl groups excluding tert-OH is 1. The molecule has 1 unspecified atom stereocenters. The second kappa shape index (κ2) is 8.18. The van der Waals surface area contributed by atoms with E-state index in [0.717, 1.165) is 43.4 Å². The van der Waals surface area contributed by atoms with Crippen LogP contribution in [0.3, 0.4) is 0 Å². The molecule has 0 spiro atoms. The summed E-state index contributed by atoms with van der Waals surface area (Å²) in [5.41, 5.74) is 1.03. The van der Waals surface area contributed by atoms with E-state index in [-0.39, 0.29) is 24.5 Å². The van der Waals surface area contributed by atoms with Crippen molar-refractivity contribution in [3.63, 3.8) is 0 Å². The van der Waals surface area contributed by atoms with Crippen molar-refractivity contribution in [2.24, 2.45) is 5.92 Å². The molecule has 1 saturated carbocycles. The summed E-state index contributed by atoms with van der Waals surface area (Å²) < 4.78 is 5.16. The van der Waals surface area contributed by atoms with Crippen molar-refractivity contribution in [1.29, 1.82) is 0 Å². The number of carbonyl (C=O) groups is 1. The van der Waals surface area contributed by atoms with Gasteiger partial charge in [-0.25, -0.2) is 0 Å². The minimum atomic E-state index is -0.110. The van der Waals surface area contributed by atoms with Crippen LogP contribution in [0.25, 0.3) is 0 Å². The van der Waals surface area contributed by atoms with Crippen molar-refractivity contribution in [3.05, 3.63) is 29.8 Å². The second-order valence-electron chi connectivity index (χ2n) is 6.14. The Morgan fingerprint density at radius 3 is 2.41 bits per heavy atom. The quantitative estimate of drug-likeness (QED) is 0.849. The van der Waals surface area contributed by atoms with E-state index < -0.39 is 0 Å². The normalized spacial score (nSPS) is 22.9. The Morgan fingerprint density at radius 2 is 1.91 bits per heavy atom. The number of methoxy groups -OCH3 is 1. The van der Waals surface area contributed by atoms with Gasteiger partial charge in [0.2, 0.25) is 5.91 Å². The second-order valence-corrected chi connectivity index (χ2v) is 6.14. The molecule has 1 fully saturated rings. The number of nitrogens with one attached hydrogen (secondary N) is 1. The lowest BCUT2D eigenvalue weighted by atomic mass is 9.86. The van der Waals surface area contributed by atoms with E-state index in [1.165, 1.54) is 0 Å². The van der Waals surface area contributed by atoms with Crippen molar-refractivity contribution >= 4 is 5.91 Å². The van der Waals surface area contributed by atoms with Crippen molar-refractivity contribution in [2.45, 2.75) is 51.0 Å². The van der Waals surface area contributed by atoms with Gasteiger partial charge in [0.25, 0.3) is 0 Å². The molecule has 1 aliphatic carbocycles. The largest absolute Gasteiger partial charge is 0.497 e. The zero-order valence-electron chi connectivity index (χ0n) is 13.5. The molecule has 0 bridgehead atoms. The van der Waals surface area contributed by atoms with Gasteiger partial charge in [0.1, 0.15) is 5.75 Å². The predicted molar refractivity (Wildman–Crippen MR) is 87.0 cm³/mol. The summed E-state index contributed by atoms with van der Waals surface area (Å²) in [5.74, 6) is 1.22. The van der Waals surface area contributed by atoms with Gasteiger partial charge in [0, 0.05) is 12.6 Å². The Balaban J connectivity index is 1.94. The predicted octanol–water partition coefficient (Wildman–Crippen LogP) is 2.86. The molecule has 4 heteroatoms. The van der Waals surface area contributed by atoms with Crippen LogP contribution < -0.4 is 10.1 Å². The van der Waals surface area contributed by atoms with Crippen LogP contribution in [0.4, 0.5) is 0 Å². The third-order valence-corrected chi connectivity index (χ3v) is 4.69. The standard InChI is InChI=1S/C18H27NO3/c1-3-17(14-6-10-16(22-2)11-7-14)18(21)19-15-8-4-13(12-20)5-9-15/h6-7,10-11,13,15,17,20H,3-5,8-9,12H2,1-2H3,(H,19,21). The van der Waals surface area contributed by atoms with Gasteiger partial charge in [-0.2, -0.15) is 0 Å². The van der Waals surface area contributed by atoms with E-state index in [2.05, 4.69) is 5.32 Å². The summed E-state index contributed by atoms with van der Waals surface area (Å²) in [7, 11) is 1.64. The van der Waals surface area contributed by atoms with E-state index in [1.807, 2.05) is 31.2 Å². The number of hydrogen-bond donors (Lipinski definition) is 2. The molecule has 1 aliphatic rings. The van der Waals surface area contributed by atoms with E-state index in [4.69, 9.17) is 4.74 Å². The van der Waals surface area contributed by atoms with Crippen molar-refractivity contribution in [1.82, 2.24) is 5.32 Å². The molecule has 0 radical (unpaired) electrons. The molecule has 0 aromatic heterocycles. The summed E-state index contributed by atoms with van der Waals surface area (Å²) in [6.45, 7) is 2.31. The first-order valence-electron chi connectivity index (χ1n) is 8.23. The van der Waals surface area contributed by atoms with Gasteiger partial charge < -0.3 is 15.2 Å². The molecule has 1 aromatic rings. The van der Waals surface area contributed by atoms with Crippen LogP contribution in [-0.2, 0) is 4.79 Å². The molecule has 1 aromatic carbocycles. The van der Waals surface area contributed by atoms with Gasteiger partial charge in [-0.3, -0.25) is 4.79 Å². The lowest BCUT2D eigenvalue weighted by molar-refractivity contribution is -0.123. The Labute approximate surface area is 132 Å². The highest BCUT2D eigenvalue weighted by Crippen LogP contribution is 2.26. The first kappa shape index (κ1) is 16.8. The summed E-state index contributed by atoms with van der Waals surface area (Å²) >= 11 is 0. The monoisotopic (exact) mass is 305 g/mol. The Morgan fingerprint density at radius 1 is 1.27 bits per heavy atom. The maximum absolute atomic E-state index is 12.6. The fraction of sp³-hybridized carbons (Fsp3) is 0.611. The average Bonchev–Trinajstić information content (AvgIpc) is 2.57. The highest BCUT2D eigenvalue weighted by Gasteiger charge is 2.25. The highest BCUT2D eigenvalue weighted by atomic mass is 16.5. The Hall–Kier alpha value is -1.55. The SMILES string of the molecule is CCC(C(=O)NC1CCC(CO)CC1)c1ccc(OC)cc1. The lowest BCUT2D eigenvalue weighted by Crippen LogP contribution is -2.40. The number of amides is 1. The zero-order valence-corrected chi connectivity index (χ0v) is 13.5. The third kappa shape index (κ3) is 4.23. The molecule has 0 saturated heterocycles. The number of rotatable bonds is 6. The molecule has 2 rings (SSSR count). The van der Waals surface area contributed by atoms with E-state index in [0.29, 0.717) is 5.92 Å². The van der Waals surface area contributed by atoms with Crippen molar-refractivity contribution < 1.29 is 14.6 Å². The van der Waals surface area contributed by atoms with Crippen molar-refractivity contribution in [2.75, 3.05) is 13.7 Å². The van der Waals surface area contributed by atoms with Crippen molar-refractivity contribution in [3.8, 4) is 5.75 Å². The van der Waals surface area contributed by atoms with Gasteiger partial charge in [-0.1, -0.05) is 19.1 Å². The van der Waals surface area contributed by atoms with E-state index >= 15 is 0 Å². The average molecular weight is 305 g/mol. The van der Waals surface area contributed by atoms with Crippen LogP contribution >= 0.6 is 0 Å². The van der Waals surface area contributed by atoms with Crippen LogP contribution in [-0.4, -0.2) is 30.8 Å². The number of ether oxygens (including phenoxy) is 1. The summed E-state index contributed by atoms with van der Waals surface area (Å²) in [4.78, 5) is 12.6. The van der Waals surface area contributed by atoms with Crippen LogP contribution in [0.15, 0.2) is 24.3 Å². The molecule has 22 heavy (non-hydrogen) atoms. The van der Waals surface area contributed by atoms with Gasteiger partial charge >= 0.3 is 0 Å². The third-order valence-electron chi connectivity index (χ3n) is 4.69. The number of aliphatic hydroxyl groups is 1. The molecule has 0 aliphatic heterocycles. The first-order valence-corrected chi connectivity index (χ1v) is 8.23. The van der Waals surface area contributed by atoms with E-state index in [1.54, 1.807) is 7.11 Å². The Kier molecular flexibility index (Phi) is 6.25. The molecular formula is C18H27NO3. The molecule has 122 valence electrons. The summed E-state index contributed by atoms with van der Waals surface area (Å²) in [5, 5.41) is 12.4. The number of carbonyl (C=O) groups excluding carboxylic acids is 1. The fourth-order valence-electron chi connectivity index (χ4n) is 3.20. The minimum absolute atomic E-state index is 0.110. The molecule has 1 amide bonds. The number of benzene rings is 1. The summed E-state index contributed by atoms with van der Waals surface area (Å²) in [6, 6.07) is 7.99. The zero-order chi connectivity index (χ0) is 15.9. The van der Waals surface area contributed by atoms with Gasteiger partial charge in [0.05, 0.1) is 13.0 Å². The van der Waals surface area contributed by atoms with Crippen LogP contribution in [0, 0.1) is 5.92 Å². The summed E-state index contributed by atoms with van der Waals surface area (Å²) in [6.07, 6.45) is 4.72. The lowest BCUT2D eigenvalue weighted by Gasteiger charge is -2.29. The highest BCUT2D eigenvalue weighted by molar-refractivity contribution is 5.83. The van der Waals surface area contributed by atoms with Gasteiger partial charge in [0.15, 0.2) is 0 Å². The van der Waals surface area contributed by atoms with Crippen LogP contribution in [0.5, 0.6) is 5.75 Å². The Bertz CT molecular complexity index is 464. The topological polar surface area (TPSA) is 58.6 Å². The van der Waals surface area contributed by atoms with Gasteiger partial charge in [-0.05, 0) is 55.7 Å². The van der Waals surface area contributed by atoms with Gasteiger partial charge in [-0.15, -0.1) is 0 Å². The first-order chi connectivity index (χ1) is 10.7. The maximum Gasteiger partial charge on any atom is 0.227 e. The van der Waals surface area contributed by atoms with Crippen LogP contribution in [0.1, 0.15) is 50.5 Å². The minimum Gasteiger partial charge on any atom is -0.497 e. The maximum atomic E-state index is 12.6. The molecule has 2 N–H and O–H groups in total. The molecule has 4 nitrogen and oxygen atoms in total. The number of hydrogen-bond acceptors (Lipinski definition) is 3.